The maximum absolute atomic E-state index is 11.5. The number of hydrogen-bond acceptors (Lipinski definition) is 7. The third kappa shape index (κ3) is 10.5. The van der Waals surface area contributed by atoms with Gasteiger partial charge in [-0.15, -0.1) is 0 Å². The zero-order valence-electron chi connectivity index (χ0n) is 12.8. The van der Waals surface area contributed by atoms with Crippen molar-refractivity contribution < 1.29 is 27.7 Å². The summed E-state index contributed by atoms with van der Waals surface area (Å²) in [5.41, 5.74) is 0. The minimum absolute atomic E-state index is 0.227. The Kier molecular flexibility index (Phi) is 10.3. The van der Waals surface area contributed by atoms with Gasteiger partial charge in [0.15, 0.2) is 0 Å². The van der Waals surface area contributed by atoms with E-state index in [4.69, 9.17) is 8.56 Å². The van der Waals surface area contributed by atoms with E-state index in [0.717, 1.165) is 0 Å². The van der Waals surface area contributed by atoms with Crippen LogP contribution in [0.15, 0.2) is 0 Å². The Bertz CT molecular complexity index is 360. The molecule has 0 spiro atoms. The molecule has 0 aliphatic carbocycles. The summed E-state index contributed by atoms with van der Waals surface area (Å²) in [5, 5.41) is 0. The molecule has 0 saturated heterocycles. The van der Waals surface area contributed by atoms with Crippen LogP contribution in [0.25, 0.3) is 0 Å². The zero-order valence-corrected chi connectivity index (χ0v) is 16.1. The molecule has 0 saturated carbocycles. The van der Waals surface area contributed by atoms with E-state index in [-0.39, 0.29) is 43.4 Å². The van der Waals surface area contributed by atoms with E-state index in [1.165, 1.54) is 0 Å². The zero-order chi connectivity index (χ0) is 16.4. The van der Waals surface area contributed by atoms with Crippen LogP contribution < -0.4 is 0 Å². The van der Waals surface area contributed by atoms with Crippen LogP contribution in [0.4, 0.5) is 0 Å². The monoisotopic (exact) mass is 404 g/mol. The fraction of sp³-hybridized carbons (Fsp3) is 0.692. The Morgan fingerprint density at radius 2 is 1.24 bits per heavy atom. The topological polar surface area (TPSA) is 96.0 Å². The van der Waals surface area contributed by atoms with Crippen molar-refractivity contribution in [2.24, 2.45) is 0 Å². The quantitative estimate of drug-likeness (QED) is 0.506. The fourth-order valence-electron chi connectivity index (χ4n) is 1.17. The van der Waals surface area contributed by atoms with E-state index in [2.05, 4.69) is 0 Å². The molecular formula is C13H21InO7. The Morgan fingerprint density at radius 1 is 0.857 bits per heavy atom. The molecule has 118 valence electrons. The Balaban J connectivity index is 4.51. The molecular weight excluding hydrogens is 383 g/mol. The summed E-state index contributed by atoms with van der Waals surface area (Å²) in [6.07, 6.45) is -0.556. The number of ketones is 2. The van der Waals surface area contributed by atoms with Gasteiger partial charge in [0.05, 0.1) is 0 Å². The van der Waals surface area contributed by atoms with Crippen molar-refractivity contribution in [1.82, 2.24) is 0 Å². The first-order chi connectivity index (χ1) is 9.78. The molecule has 8 heteroatoms. The maximum atomic E-state index is 11.5. The molecule has 7 nitrogen and oxygen atoms in total. The first-order valence-electron chi connectivity index (χ1n) is 6.86. The molecule has 0 aliphatic rings. The standard InChI is InChI=1S/2C5H8O3.C3H7O.In/c2*1-2-4(6)3-5(7)8;1-3(2)4;/h2*2-3H2,1H3,(H,7,8);3H,1-2H3;/q;;-1;+3/p-2. The van der Waals surface area contributed by atoms with E-state index in [1.807, 2.05) is 0 Å². The summed E-state index contributed by atoms with van der Waals surface area (Å²) in [6.45, 7) is 6.69. The summed E-state index contributed by atoms with van der Waals surface area (Å²) in [7, 11) is 0. The molecule has 0 N–H and O–H groups in total. The number of carbonyl (C=O) groups is 4. The van der Waals surface area contributed by atoms with Crippen LogP contribution >= 0.6 is 0 Å². The molecule has 0 heterocycles. The van der Waals surface area contributed by atoms with Gasteiger partial charge in [-0.25, -0.2) is 0 Å². The number of rotatable bonds is 10. The second-order valence-corrected chi connectivity index (χ2v) is 8.36. The van der Waals surface area contributed by atoms with Crippen molar-refractivity contribution in [3.8, 4) is 0 Å². The molecule has 0 atom stereocenters. The summed E-state index contributed by atoms with van der Waals surface area (Å²) in [4.78, 5) is 45.4. The second-order valence-electron chi connectivity index (χ2n) is 4.59. The first-order valence-corrected chi connectivity index (χ1v) is 10.9. The van der Waals surface area contributed by atoms with Gasteiger partial charge in [-0.2, -0.15) is 0 Å². The minimum atomic E-state index is -3.82. The molecule has 0 bridgehead atoms. The van der Waals surface area contributed by atoms with Crippen molar-refractivity contribution in [2.75, 3.05) is 0 Å². The van der Waals surface area contributed by atoms with Crippen molar-refractivity contribution in [1.29, 1.82) is 0 Å². The van der Waals surface area contributed by atoms with Crippen molar-refractivity contribution in [3.05, 3.63) is 0 Å². The number of hydrogen-bond donors (Lipinski definition) is 0. The van der Waals surface area contributed by atoms with Gasteiger partial charge < -0.3 is 0 Å². The molecule has 0 aromatic carbocycles. The summed E-state index contributed by atoms with van der Waals surface area (Å²) in [5.74, 6) is -2.03. The van der Waals surface area contributed by atoms with Crippen LogP contribution in [-0.2, 0) is 27.7 Å². The number of Topliss-reactive ketones (excluding diaryl/α,β-unsaturated/α-hetero) is 2. The molecule has 0 aliphatic heterocycles. The molecule has 0 amide bonds. The van der Waals surface area contributed by atoms with E-state index in [0.29, 0.717) is 0 Å². The van der Waals surface area contributed by atoms with Crippen molar-refractivity contribution >= 4 is 46.3 Å². The predicted octanol–water partition coefficient (Wildman–Crippen LogP) is 1.22. The predicted molar refractivity (Wildman–Crippen MR) is 74.0 cm³/mol. The van der Waals surface area contributed by atoms with Crippen LogP contribution in [0, 0.1) is 0 Å². The number of carbonyl (C=O) groups excluding carboxylic acids is 4. The van der Waals surface area contributed by atoms with E-state index < -0.39 is 34.7 Å². The van der Waals surface area contributed by atoms with Crippen LogP contribution in [-0.4, -0.2) is 52.4 Å². The van der Waals surface area contributed by atoms with Gasteiger partial charge in [-0.05, 0) is 0 Å². The normalized spacial score (nSPS) is 10.1. The van der Waals surface area contributed by atoms with Gasteiger partial charge in [0, 0.05) is 0 Å². The average molecular weight is 404 g/mol. The Hall–Kier alpha value is -0.890. The van der Waals surface area contributed by atoms with Gasteiger partial charge in [0.1, 0.15) is 0 Å². The van der Waals surface area contributed by atoms with Crippen LogP contribution in [0.5, 0.6) is 0 Å². The molecule has 0 unspecified atom stereocenters. The summed E-state index contributed by atoms with van der Waals surface area (Å²) >= 11 is -3.82. The van der Waals surface area contributed by atoms with Gasteiger partial charge in [-0.3, -0.25) is 0 Å². The van der Waals surface area contributed by atoms with Crippen molar-refractivity contribution in [2.45, 2.75) is 59.5 Å². The average Bonchev–Trinajstić information content (AvgIpc) is 2.36. The molecule has 0 aromatic heterocycles. The molecule has 0 rings (SSSR count). The van der Waals surface area contributed by atoms with Gasteiger partial charge in [0.25, 0.3) is 0 Å². The summed E-state index contributed by atoms with van der Waals surface area (Å²) in [6, 6.07) is 0. The van der Waals surface area contributed by atoms with Gasteiger partial charge in [-0.1, -0.05) is 0 Å². The van der Waals surface area contributed by atoms with Gasteiger partial charge in [0.2, 0.25) is 0 Å². The molecule has 0 radical (unpaired) electrons. The molecule has 21 heavy (non-hydrogen) atoms. The van der Waals surface area contributed by atoms with Crippen LogP contribution in [0.1, 0.15) is 53.4 Å². The SMILES string of the molecule is CCC(=O)CC(=O)[O][In]([O]C(=O)CC(=O)CC)[O]C(C)C. The van der Waals surface area contributed by atoms with E-state index in [9.17, 15) is 19.2 Å². The van der Waals surface area contributed by atoms with E-state index >= 15 is 0 Å². The Morgan fingerprint density at radius 3 is 1.52 bits per heavy atom. The Labute approximate surface area is 133 Å². The summed E-state index contributed by atoms with van der Waals surface area (Å²) < 4.78 is 15.3. The fourth-order valence-corrected chi connectivity index (χ4v) is 4.60. The van der Waals surface area contributed by atoms with Crippen molar-refractivity contribution in [3.63, 3.8) is 0 Å². The van der Waals surface area contributed by atoms with Crippen LogP contribution in [0.2, 0.25) is 0 Å². The molecule has 0 aromatic rings. The molecule has 0 fully saturated rings. The second kappa shape index (κ2) is 10.8. The third-order valence-electron chi connectivity index (χ3n) is 2.31. The first kappa shape index (κ1) is 20.1. The van der Waals surface area contributed by atoms with Crippen LogP contribution in [0.3, 0.4) is 0 Å². The third-order valence-corrected chi connectivity index (χ3v) is 7.10. The van der Waals surface area contributed by atoms with Gasteiger partial charge >= 0.3 is 133 Å². The van der Waals surface area contributed by atoms with E-state index in [1.54, 1.807) is 27.7 Å².